The summed E-state index contributed by atoms with van der Waals surface area (Å²) in [5.74, 6) is 0.200. The van der Waals surface area contributed by atoms with Gasteiger partial charge < -0.3 is 15.2 Å². The number of hydrogen-bond donors (Lipinski definition) is 2. The van der Waals surface area contributed by atoms with Crippen molar-refractivity contribution in [1.29, 1.82) is 0 Å². The van der Waals surface area contributed by atoms with E-state index in [9.17, 15) is 4.79 Å². The summed E-state index contributed by atoms with van der Waals surface area (Å²) in [7, 11) is 0. The molecule has 1 unspecified atom stereocenters. The molecule has 1 fully saturated rings. The molecule has 0 radical (unpaired) electrons. The van der Waals surface area contributed by atoms with E-state index in [2.05, 4.69) is 81.9 Å². The van der Waals surface area contributed by atoms with Crippen LogP contribution < -0.4 is 5.32 Å². The lowest BCUT2D eigenvalue weighted by atomic mass is 10.0. The molecular weight excluding hydrogens is 420 g/mol. The molecule has 5 nitrogen and oxygen atoms in total. The number of nitrogens with one attached hydrogen (secondary N) is 2. The quantitative estimate of drug-likeness (QED) is 0.421. The second kappa shape index (κ2) is 10.7. The van der Waals surface area contributed by atoms with Gasteiger partial charge in [-0.05, 0) is 46.7 Å². The van der Waals surface area contributed by atoms with Crippen molar-refractivity contribution >= 4 is 16.8 Å². The van der Waals surface area contributed by atoms with E-state index in [0.717, 1.165) is 38.2 Å². The number of nitrogens with zero attached hydrogens (tertiary/aromatic N) is 2. The van der Waals surface area contributed by atoms with Crippen molar-refractivity contribution in [3.8, 4) is 0 Å². The van der Waals surface area contributed by atoms with Gasteiger partial charge in [-0.2, -0.15) is 0 Å². The van der Waals surface area contributed by atoms with E-state index in [-0.39, 0.29) is 11.9 Å². The number of rotatable bonds is 8. The number of aromatic nitrogens is 1. The van der Waals surface area contributed by atoms with Gasteiger partial charge in [0, 0.05) is 51.0 Å². The maximum atomic E-state index is 13.6. The number of amides is 1. The Kier molecular flexibility index (Phi) is 7.03. The first-order valence-corrected chi connectivity index (χ1v) is 12.1. The molecule has 2 N–H and O–H groups in total. The van der Waals surface area contributed by atoms with E-state index in [0.29, 0.717) is 13.0 Å². The summed E-state index contributed by atoms with van der Waals surface area (Å²) in [4.78, 5) is 21.3. The highest BCUT2D eigenvalue weighted by Gasteiger charge is 2.27. The van der Waals surface area contributed by atoms with E-state index < -0.39 is 0 Å². The summed E-state index contributed by atoms with van der Waals surface area (Å²) in [5.41, 5.74) is 4.82. The fourth-order valence-electron chi connectivity index (χ4n) is 4.74. The van der Waals surface area contributed by atoms with E-state index in [1.807, 2.05) is 29.3 Å². The maximum Gasteiger partial charge on any atom is 0.240 e. The highest BCUT2D eigenvalue weighted by Crippen LogP contribution is 2.16. The smallest absolute Gasteiger partial charge is 0.240 e. The molecule has 5 rings (SSSR count). The normalized spacial score (nSPS) is 15.5. The zero-order valence-corrected chi connectivity index (χ0v) is 19.5. The molecule has 1 atom stereocenters. The number of carbonyl (C=O) groups excluding carboxylic acids is 1. The van der Waals surface area contributed by atoms with Crippen LogP contribution in [0.4, 0.5) is 0 Å². The topological polar surface area (TPSA) is 51.4 Å². The number of H-pyrrole nitrogens is 1. The van der Waals surface area contributed by atoms with Gasteiger partial charge in [0.1, 0.15) is 0 Å². The van der Waals surface area contributed by atoms with Gasteiger partial charge in [0.25, 0.3) is 0 Å². The third-order valence-electron chi connectivity index (χ3n) is 6.68. The first-order chi connectivity index (χ1) is 16.7. The fraction of sp³-hybridized carbons (Fsp3) is 0.276. The van der Waals surface area contributed by atoms with E-state index >= 15 is 0 Å². The van der Waals surface area contributed by atoms with Gasteiger partial charge in [-0.25, -0.2) is 0 Å². The first kappa shape index (κ1) is 22.4. The molecule has 174 valence electrons. The fourth-order valence-corrected chi connectivity index (χ4v) is 4.74. The molecule has 1 aliphatic heterocycles. The van der Waals surface area contributed by atoms with Crippen LogP contribution in [0.15, 0.2) is 91.1 Å². The van der Waals surface area contributed by atoms with Crippen LogP contribution >= 0.6 is 0 Å². The van der Waals surface area contributed by atoms with Crippen molar-refractivity contribution in [2.24, 2.45) is 0 Å². The number of piperazine rings is 1. The predicted molar refractivity (Wildman–Crippen MR) is 137 cm³/mol. The van der Waals surface area contributed by atoms with Gasteiger partial charge in [-0.15, -0.1) is 0 Å². The Balaban J connectivity index is 1.23. The van der Waals surface area contributed by atoms with Crippen LogP contribution in [-0.4, -0.2) is 52.9 Å². The number of benzene rings is 3. The van der Waals surface area contributed by atoms with Crippen molar-refractivity contribution in [2.45, 2.75) is 25.6 Å². The van der Waals surface area contributed by atoms with Crippen molar-refractivity contribution in [3.63, 3.8) is 0 Å². The second-order valence-electron chi connectivity index (χ2n) is 9.11. The molecule has 0 saturated carbocycles. The third kappa shape index (κ3) is 5.56. The van der Waals surface area contributed by atoms with E-state index in [4.69, 9.17) is 0 Å². The third-order valence-corrected chi connectivity index (χ3v) is 6.68. The standard InChI is InChI=1S/C29H32N4O/c34-29(33-17-15-32(16-18-33)22-24-9-5-2-6-10-24)28(20-23-7-3-1-4-8-23)31-21-25-11-12-27-26(19-25)13-14-30-27/h1-14,19,28,30-31H,15-18,20-22H2. The summed E-state index contributed by atoms with van der Waals surface area (Å²) in [6, 6.07) is 29.1. The molecular formula is C29H32N4O. The molecule has 1 aromatic heterocycles. The van der Waals surface area contributed by atoms with Crippen LogP contribution in [0.3, 0.4) is 0 Å². The predicted octanol–water partition coefficient (Wildman–Crippen LogP) is 4.21. The average molecular weight is 453 g/mol. The Morgan fingerprint density at radius 1 is 0.824 bits per heavy atom. The van der Waals surface area contributed by atoms with Gasteiger partial charge in [0.15, 0.2) is 0 Å². The van der Waals surface area contributed by atoms with Gasteiger partial charge >= 0.3 is 0 Å². The monoisotopic (exact) mass is 452 g/mol. The summed E-state index contributed by atoms with van der Waals surface area (Å²) >= 11 is 0. The van der Waals surface area contributed by atoms with Crippen LogP contribution in [0.25, 0.3) is 10.9 Å². The summed E-state index contributed by atoms with van der Waals surface area (Å²) in [6.45, 7) is 4.96. The summed E-state index contributed by atoms with van der Waals surface area (Å²) < 4.78 is 0. The first-order valence-electron chi connectivity index (χ1n) is 12.1. The van der Waals surface area contributed by atoms with Crippen LogP contribution in [0, 0.1) is 0 Å². The maximum absolute atomic E-state index is 13.6. The van der Waals surface area contributed by atoms with Crippen molar-refractivity contribution < 1.29 is 4.79 Å². The Morgan fingerprint density at radius 2 is 1.53 bits per heavy atom. The zero-order valence-electron chi connectivity index (χ0n) is 19.5. The Labute approximate surface area is 201 Å². The summed E-state index contributed by atoms with van der Waals surface area (Å²) in [5, 5.41) is 4.77. The minimum absolute atomic E-state index is 0.200. The number of fused-ring (bicyclic) bond motifs is 1. The van der Waals surface area contributed by atoms with Crippen LogP contribution in [0.5, 0.6) is 0 Å². The molecule has 0 spiro atoms. The highest BCUT2D eigenvalue weighted by molar-refractivity contribution is 5.82. The molecule has 1 saturated heterocycles. The Morgan fingerprint density at radius 3 is 2.26 bits per heavy atom. The molecule has 1 amide bonds. The molecule has 0 aliphatic carbocycles. The largest absolute Gasteiger partial charge is 0.361 e. The molecule has 3 aromatic carbocycles. The summed E-state index contributed by atoms with van der Waals surface area (Å²) in [6.07, 6.45) is 2.65. The second-order valence-corrected chi connectivity index (χ2v) is 9.11. The van der Waals surface area contributed by atoms with Gasteiger partial charge in [0.2, 0.25) is 5.91 Å². The number of carbonyl (C=O) groups is 1. The van der Waals surface area contributed by atoms with Gasteiger partial charge in [-0.1, -0.05) is 66.7 Å². The molecule has 4 aromatic rings. The lowest BCUT2D eigenvalue weighted by Gasteiger charge is -2.36. The molecule has 1 aliphatic rings. The van der Waals surface area contributed by atoms with Crippen LogP contribution in [0.2, 0.25) is 0 Å². The van der Waals surface area contributed by atoms with Gasteiger partial charge in [-0.3, -0.25) is 9.69 Å². The number of aromatic amines is 1. The molecule has 34 heavy (non-hydrogen) atoms. The minimum Gasteiger partial charge on any atom is -0.361 e. The van der Waals surface area contributed by atoms with E-state index in [1.54, 1.807) is 0 Å². The molecule has 0 bridgehead atoms. The van der Waals surface area contributed by atoms with Crippen molar-refractivity contribution in [2.75, 3.05) is 26.2 Å². The van der Waals surface area contributed by atoms with Crippen LogP contribution in [0.1, 0.15) is 16.7 Å². The average Bonchev–Trinajstić information content (AvgIpc) is 3.36. The van der Waals surface area contributed by atoms with Crippen molar-refractivity contribution in [3.05, 3.63) is 108 Å². The Hall–Kier alpha value is -3.41. The molecule has 5 heteroatoms. The Bertz CT molecular complexity index is 1200. The van der Waals surface area contributed by atoms with E-state index in [1.165, 1.54) is 22.1 Å². The SMILES string of the molecule is O=C(C(Cc1ccccc1)NCc1ccc2[nH]ccc2c1)N1CCN(Cc2ccccc2)CC1. The van der Waals surface area contributed by atoms with Crippen LogP contribution in [-0.2, 0) is 24.3 Å². The minimum atomic E-state index is -0.245. The lowest BCUT2D eigenvalue weighted by molar-refractivity contribution is -0.135. The molecule has 2 heterocycles. The number of hydrogen-bond acceptors (Lipinski definition) is 3. The lowest BCUT2D eigenvalue weighted by Crippen LogP contribution is -2.54. The van der Waals surface area contributed by atoms with Crippen molar-refractivity contribution in [1.82, 2.24) is 20.1 Å². The zero-order chi connectivity index (χ0) is 23.2. The highest BCUT2D eigenvalue weighted by atomic mass is 16.2. The van der Waals surface area contributed by atoms with Gasteiger partial charge in [0.05, 0.1) is 6.04 Å².